The molecule has 0 aromatic heterocycles. The Bertz CT molecular complexity index is 951. The number of sulfonamides is 1. The lowest BCUT2D eigenvalue weighted by atomic mass is 10.1. The van der Waals surface area contributed by atoms with Crippen molar-refractivity contribution >= 4 is 44.8 Å². The van der Waals surface area contributed by atoms with Crippen molar-refractivity contribution in [1.82, 2.24) is 5.32 Å². The number of carbonyl (C=O) groups is 1. The summed E-state index contributed by atoms with van der Waals surface area (Å²) in [4.78, 5) is 12.8. The van der Waals surface area contributed by atoms with Gasteiger partial charge in [-0.2, -0.15) is 0 Å². The van der Waals surface area contributed by atoms with E-state index in [0.29, 0.717) is 27.0 Å². The second-order valence-electron chi connectivity index (χ2n) is 6.14. The second-order valence-corrected chi connectivity index (χ2v) is 8.84. The zero-order valence-electron chi connectivity index (χ0n) is 15.8. The van der Waals surface area contributed by atoms with E-state index in [1.54, 1.807) is 49.4 Å². The summed E-state index contributed by atoms with van der Waals surface area (Å²) in [5.74, 6) is 0.0659. The van der Waals surface area contributed by atoms with Crippen LogP contribution in [0.5, 0.6) is 5.75 Å². The Morgan fingerprint density at radius 3 is 2.50 bits per heavy atom. The molecule has 6 nitrogen and oxygen atoms in total. The van der Waals surface area contributed by atoms with Gasteiger partial charge in [0.25, 0.3) is 0 Å². The third-order valence-corrected chi connectivity index (χ3v) is 5.87. The molecule has 1 amide bonds. The fraction of sp³-hybridized carbons (Fsp3) is 0.316. The molecule has 0 aliphatic rings. The van der Waals surface area contributed by atoms with E-state index in [-0.39, 0.29) is 13.0 Å². The normalized spacial score (nSPS) is 12.3. The molecule has 0 saturated carbocycles. The van der Waals surface area contributed by atoms with Gasteiger partial charge in [0, 0.05) is 22.7 Å². The number of nitrogens with one attached hydrogen (secondary N) is 1. The highest BCUT2D eigenvalue weighted by Gasteiger charge is 2.31. The van der Waals surface area contributed by atoms with Crippen LogP contribution in [0.3, 0.4) is 0 Å². The van der Waals surface area contributed by atoms with Crippen LogP contribution in [-0.2, 0) is 21.4 Å². The van der Waals surface area contributed by atoms with Crippen molar-refractivity contribution in [3.8, 4) is 5.75 Å². The second kappa shape index (κ2) is 9.49. The maximum atomic E-state index is 12.8. The van der Waals surface area contributed by atoms with Crippen LogP contribution in [0.15, 0.2) is 42.5 Å². The Balaban J connectivity index is 2.28. The molecular weight excluding hydrogens is 423 g/mol. The molecule has 28 heavy (non-hydrogen) atoms. The molecule has 2 aromatic carbocycles. The highest BCUT2D eigenvalue weighted by molar-refractivity contribution is 7.92. The molecule has 1 N–H and O–H groups in total. The van der Waals surface area contributed by atoms with Crippen molar-refractivity contribution in [2.75, 3.05) is 17.7 Å². The first-order valence-electron chi connectivity index (χ1n) is 8.52. The van der Waals surface area contributed by atoms with E-state index in [0.717, 1.165) is 10.6 Å². The summed E-state index contributed by atoms with van der Waals surface area (Å²) in [7, 11) is -2.23. The molecule has 0 fully saturated rings. The number of hydrogen-bond donors (Lipinski definition) is 1. The monoisotopic (exact) mass is 444 g/mol. The summed E-state index contributed by atoms with van der Waals surface area (Å²) < 4.78 is 31.2. The number of halogens is 2. The minimum absolute atomic E-state index is 0.154. The lowest BCUT2D eigenvalue weighted by Crippen LogP contribution is -2.49. The molecular formula is C19H22Cl2N2O4S. The van der Waals surface area contributed by atoms with Gasteiger partial charge in [-0.15, -0.1) is 0 Å². The van der Waals surface area contributed by atoms with Crippen molar-refractivity contribution < 1.29 is 17.9 Å². The van der Waals surface area contributed by atoms with Crippen molar-refractivity contribution in [1.29, 1.82) is 0 Å². The smallest absolute Gasteiger partial charge is 0.244 e. The molecule has 1 atom stereocenters. The van der Waals surface area contributed by atoms with E-state index in [1.807, 2.05) is 0 Å². The number of anilines is 1. The molecule has 2 aromatic rings. The molecule has 0 aliphatic heterocycles. The summed E-state index contributed by atoms with van der Waals surface area (Å²) in [5, 5.41) is 3.68. The molecule has 152 valence electrons. The quantitative estimate of drug-likeness (QED) is 0.670. The van der Waals surface area contributed by atoms with Crippen LogP contribution in [0.1, 0.15) is 18.9 Å². The van der Waals surface area contributed by atoms with E-state index >= 15 is 0 Å². The van der Waals surface area contributed by atoms with E-state index in [9.17, 15) is 13.2 Å². The summed E-state index contributed by atoms with van der Waals surface area (Å²) in [6.07, 6.45) is 1.35. The Labute approximate surface area is 175 Å². The van der Waals surface area contributed by atoms with Gasteiger partial charge in [-0.3, -0.25) is 9.10 Å². The predicted octanol–water partition coefficient (Wildman–Crippen LogP) is 3.86. The van der Waals surface area contributed by atoms with Gasteiger partial charge in [0.15, 0.2) is 0 Å². The van der Waals surface area contributed by atoms with E-state index in [4.69, 9.17) is 27.9 Å². The molecule has 0 saturated heterocycles. The Morgan fingerprint density at radius 2 is 1.93 bits per heavy atom. The summed E-state index contributed by atoms with van der Waals surface area (Å²) in [6.45, 7) is 1.90. The van der Waals surface area contributed by atoms with Crippen molar-refractivity contribution in [3.05, 3.63) is 58.1 Å². The van der Waals surface area contributed by atoms with Crippen LogP contribution in [-0.4, -0.2) is 33.7 Å². The van der Waals surface area contributed by atoms with Gasteiger partial charge in [0.1, 0.15) is 11.8 Å². The largest absolute Gasteiger partial charge is 0.497 e. The molecule has 0 bridgehead atoms. The maximum absolute atomic E-state index is 12.8. The first-order valence-corrected chi connectivity index (χ1v) is 11.1. The Kier molecular flexibility index (Phi) is 7.57. The van der Waals surface area contributed by atoms with E-state index < -0.39 is 22.0 Å². The summed E-state index contributed by atoms with van der Waals surface area (Å²) in [6, 6.07) is 10.6. The van der Waals surface area contributed by atoms with Crippen molar-refractivity contribution in [3.63, 3.8) is 0 Å². The lowest BCUT2D eigenvalue weighted by molar-refractivity contribution is -0.122. The van der Waals surface area contributed by atoms with Gasteiger partial charge in [0.05, 0.1) is 19.1 Å². The lowest BCUT2D eigenvalue weighted by Gasteiger charge is -2.30. The number of hydrogen-bond acceptors (Lipinski definition) is 4. The number of rotatable bonds is 8. The molecule has 2 rings (SSSR count). The maximum Gasteiger partial charge on any atom is 0.244 e. The van der Waals surface area contributed by atoms with Gasteiger partial charge in [0.2, 0.25) is 15.9 Å². The van der Waals surface area contributed by atoms with Crippen LogP contribution in [0.4, 0.5) is 5.69 Å². The number of carbonyl (C=O) groups excluding carboxylic acids is 1. The third kappa shape index (κ3) is 5.53. The van der Waals surface area contributed by atoms with E-state index in [2.05, 4.69) is 5.32 Å². The topological polar surface area (TPSA) is 75.7 Å². The van der Waals surface area contributed by atoms with Crippen molar-refractivity contribution in [2.24, 2.45) is 0 Å². The average molecular weight is 445 g/mol. The minimum atomic E-state index is -3.72. The molecule has 0 heterocycles. The first kappa shape index (κ1) is 22.3. The fourth-order valence-electron chi connectivity index (χ4n) is 2.77. The highest BCUT2D eigenvalue weighted by Crippen LogP contribution is 2.27. The molecule has 0 unspecified atom stereocenters. The minimum Gasteiger partial charge on any atom is -0.497 e. The molecule has 0 radical (unpaired) electrons. The predicted molar refractivity (Wildman–Crippen MR) is 113 cm³/mol. The molecule has 0 spiro atoms. The summed E-state index contributed by atoms with van der Waals surface area (Å²) >= 11 is 12.0. The zero-order chi connectivity index (χ0) is 20.9. The van der Waals surface area contributed by atoms with Gasteiger partial charge < -0.3 is 10.1 Å². The summed E-state index contributed by atoms with van der Waals surface area (Å²) in [5.41, 5.74) is 1.04. The first-order chi connectivity index (χ1) is 13.2. The van der Waals surface area contributed by atoms with Crippen LogP contribution in [0.25, 0.3) is 0 Å². The number of ether oxygens (including phenoxy) is 1. The number of benzene rings is 2. The van der Waals surface area contributed by atoms with Gasteiger partial charge >= 0.3 is 0 Å². The van der Waals surface area contributed by atoms with Gasteiger partial charge in [-0.25, -0.2) is 8.42 Å². The molecule has 0 aliphatic carbocycles. The van der Waals surface area contributed by atoms with Gasteiger partial charge in [-0.1, -0.05) is 42.3 Å². The van der Waals surface area contributed by atoms with Crippen LogP contribution in [0, 0.1) is 0 Å². The fourth-order valence-corrected chi connectivity index (χ4v) is 4.45. The number of methoxy groups -OCH3 is 1. The molecule has 9 heteroatoms. The Morgan fingerprint density at radius 1 is 1.21 bits per heavy atom. The number of nitrogens with zero attached hydrogens (tertiary/aromatic N) is 1. The van der Waals surface area contributed by atoms with Crippen LogP contribution >= 0.6 is 23.2 Å². The number of amides is 1. The van der Waals surface area contributed by atoms with Crippen LogP contribution in [0.2, 0.25) is 10.0 Å². The highest BCUT2D eigenvalue weighted by atomic mass is 35.5. The van der Waals surface area contributed by atoms with E-state index in [1.165, 1.54) is 7.11 Å². The SMILES string of the molecule is CC[C@@H](C(=O)NCc1ccc(Cl)cc1Cl)N(c1cccc(OC)c1)S(C)(=O)=O. The standard InChI is InChI=1S/C19H22Cl2N2O4S/c1-4-18(19(24)22-12-13-8-9-14(20)10-17(13)21)23(28(3,25)26)15-6-5-7-16(11-15)27-2/h5-11,18H,4,12H2,1-3H3,(H,22,24)/t18-/m0/s1. The van der Waals surface area contributed by atoms with Gasteiger partial charge in [-0.05, 0) is 36.2 Å². The Hall–Kier alpha value is -1.96. The van der Waals surface area contributed by atoms with Crippen LogP contribution < -0.4 is 14.4 Å². The third-order valence-electron chi connectivity index (χ3n) is 4.11. The average Bonchev–Trinajstić information content (AvgIpc) is 2.64. The van der Waals surface area contributed by atoms with Crippen molar-refractivity contribution in [2.45, 2.75) is 25.9 Å². The zero-order valence-corrected chi connectivity index (χ0v) is 18.1.